The summed E-state index contributed by atoms with van der Waals surface area (Å²) in [6.45, 7) is 12.8. The number of fused-ring (bicyclic) bond motifs is 1. The van der Waals surface area contributed by atoms with Crippen LogP contribution in [0.15, 0.2) is 29.2 Å². The van der Waals surface area contributed by atoms with E-state index in [-0.39, 0.29) is 23.1 Å². The third kappa shape index (κ3) is 5.54. The highest BCUT2D eigenvalue weighted by atomic mass is 32.2. The van der Waals surface area contributed by atoms with E-state index in [1.165, 1.54) is 35.6 Å². The quantitative estimate of drug-likeness (QED) is 0.445. The Kier molecular flexibility index (Phi) is 8.10. The molecule has 1 aromatic carbocycles. The molecule has 1 saturated heterocycles. The van der Waals surface area contributed by atoms with Gasteiger partial charge in [-0.25, -0.2) is 13.2 Å². The van der Waals surface area contributed by atoms with Crippen LogP contribution in [-0.2, 0) is 26.7 Å². The Morgan fingerprint density at radius 1 is 1.13 bits per heavy atom. The van der Waals surface area contributed by atoms with Crippen molar-refractivity contribution in [2.75, 3.05) is 18.5 Å². The van der Waals surface area contributed by atoms with Crippen LogP contribution >= 0.6 is 11.3 Å². The van der Waals surface area contributed by atoms with E-state index in [9.17, 15) is 18.0 Å². The molecule has 0 saturated carbocycles. The molecule has 0 radical (unpaired) electrons. The van der Waals surface area contributed by atoms with Gasteiger partial charge >= 0.3 is 5.97 Å². The van der Waals surface area contributed by atoms with E-state index in [1.54, 1.807) is 11.2 Å². The van der Waals surface area contributed by atoms with Crippen molar-refractivity contribution in [3.05, 3.63) is 45.8 Å². The molecule has 2 aromatic rings. The van der Waals surface area contributed by atoms with E-state index >= 15 is 0 Å². The van der Waals surface area contributed by atoms with E-state index in [4.69, 9.17) is 4.74 Å². The molecule has 0 aliphatic carbocycles. The first-order valence-corrected chi connectivity index (χ1v) is 15.6. The maximum Gasteiger partial charge on any atom is 0.341 e. The highest BCUT2D eigenvalue weighted by molar-refractivity contribution is 7.89. The van der Waals surface area contributed by atoms with Crippen molar-refractivity contribution < 1.29 is 22.7 Å². The molecule has 4 rings (SSSR count). The van der Waals surface area contributed by atoms with E-state index in [2.05, 4.69) is 38.3 Å². The maximum absolute atomic E-state index is 13.3. The van der Waals surface area contributed by atoms with Gasteiger partial charge in [-0.3, -0.25) is 4.79 Å². The summed E-state index contributed by atoms with van der Waals surface area (Å²) in [7, 11) is -3.64. The summed E-state index contributed by atoms with van der Waals surface area (Å²) in [6, 6.07) is 6.05. The third-order valence-electron chi connectivity index (χ3n) is 7.32. The fourth-order valence-electron chi connectivity index (χ4n) is 5.82. The normalized spacial score (nSPS) is 20.9. The summed E-state index contributed by atoms with van der Waals surface area (Å²) in [5.41, 5.74) is 0.969. The molecule has 1 amide bonds. The van der Waals surface area contributed by atoms with E-state index in [0.29, 0.717) is 29.1 Å². The molecule has 1 unspecified atom stereocenters. The number of thiophene rings is 1. The number of carbonyl (C=O) groups is 2. The fourth-order valence-corrected chi connectivity index (χ4v) is 8.85. The van der Waals surface area contributed by atoms with Crippen LogP contribution in [0.4, 0.5) is 5.00 Å². The average Bonchev–Trinajstić information content (AvgIpc) is 3.21. The van der Waals surface area contributed by atoms with Gasteiger partial charge in [-0.1, -0.05) is 13.3 Å². The minimum absolute atomic E-state index is 0.00611. The Morgan fingerprint density at radius 2 is 1.82 bits per heavy atom. The van der Waals surface area contributed by atoms with Gasteiger partial charge in [-0.2, -0.15) is 4.31 Å². The first-order valence-electron chi connectivity index (χ1n) is 13.4. The molecule has 10 heteroatoms. The smallest absolute Gasteiger partial charge is 0.341 e. The van der Waals surface area contributed by atoms with Gasteiger partial charge in [0.15, 0.2) is 0 Å². The number of anilines is 1. The van der Waals surface area contributed by atoms with Crippen molar-refractivity contribution in [3.8, 4) is 0 Å². The molecule has 3 heterocycles. The molecule has 2 N–H and O–H groups in total. The molecule has 1 fully saturated rings. The van der Waals surface area contributed by atoms with Crippen LogP contribution in [0.5, 0.6) is 0 Å². The molecule has 208 valence electrons. The standard InChI is InChI=1S/C28H39N3O5S2/c1-7-19-11-9-10-16-31(19)38(34,35)20-14-12-18(13-15-20)24(32)29-25-22(26(33)36-8-2)21-17-27(3,4)30-28(5,6)23(21)37-25/h12-15,19,30H,7-11,16-17H2,1-6H3,(H,29,32). The Balaban J connectivity index is 1.62. The van der Waals surface area contributed by atoms with Gasteiger partial charge in [0.2, 0.25) is 10.0 Å². The zero-order valence-corrected chi connectivity index (χ0v) is 24.8. The first kappa shape index (κ1) is 28.7. The van der Waals surface area contributed by atoms with Crippen LogP contribution in [0, 0.1) is 0 Å². The molecule has 1 atom stereocenters. The highest BCUT2D eigenvalue weighted by Gasteiger charge is 2.42. The van der Waals surface area contributed by atoms with Crippen molar-refractivity contribution in [1.82, 2.24) is 9.62 Å². The van der Waals surface area contributed by atoms with E-state index in [1.807, 2.05) is 6.92 Å². The van der Waals surface area contributed by atoms with Crippen LogP contribution < -0.4 is 10.6 Å². The van der Waals surface area contributed by atoms with Crippen molar-refractivity contribution in [2.45, 2.75) is 95.7 Å². The largest absolute Gasteiger partial charge is 0.462 e. The van der Waals surface area contributed by atoms with E-state index in [0.717, 1.165) is 36.1 Å². The number of rotatable bonds is 7. The summed E-state index contributed by atoms with van der Waals surface area (Å²) in [5, 5.41) is 6.99. The van der Waals surface area contributed by atoms with Crippen LogP contribution in [0.2, 0.25) is 0 Å². The minimum Gasteiger partial charge on any atom is -0.462 e. The predicted molar refractivity (Wildman–Crippen MR) is 150 cm³/mol. The van der Waals surface area contributed by atoms with Crippen LogP contribution in [-0.4, -0.2) is 49.3 Å². The Labute approximate surface area is 230 Å². The zero-order chi connectivity index (χ0) is 27.9. The summed E-state index contributed by atoms with van der Waals surface area (Å²) in [5.74, 6) is -0.866. The number of amides is 1. The number of ether oxygens (including phenoxy) is 1. The Hall–Kier alpha value is -2.27. The number of nitrogens with zero attached hydrogens (tertiary/aromatic N) is 1. The Bertz CT molecular complexity index is 1310. The van der Waals surface area contributed by atoms with Gasteiger partial charge in [-0.15, -0.1) is 11.3 Å². The second kappa shape index (κ2) is 10.7. The SMILES string of the molecule is CCOC(=O)c1c(NC(=O)c2ccc(S(=O)(=O)N3CCCCC3CC)cc2)sc2c1CC(C)(C)NC2(C)C. The topological polar surface area (TPSA) is 105 Å². The zero-order valence-electron chi connectivity index (χ0n) is 23.1. The lowest BCUT2D eigenvalue weighted by atomic mass is 9.81. The molecule has 2 aliphatic rings. The maximum atomic E-state index is 13.3. The second-order valence-electron chi connectivity index (χ2n) is 11.3. The summed E-state index contributed by atoms with van der Waals surface area (Å²) >= 11 is 1.38. The Morgan fingerprint density at radius 3 is 2.45 bits per heavy atom. The van der Waals surface area contributed by atoms with Gasteiger partial charge in [-0.05, 0) is 90.1 Å². The summed E-state index contributed by atoms with van der Waals surface area (Å²) < 4.78 is 33.6. The van der Waals surface area contributed by atoms with Gasteiger partial charge in [0.1, 0.15) is 5.00 Å². The van der Waals surface area contributed by atoms with Gasteiger partial charge < -0.3 is 15.4 Å². The fraction of sp³-hybridized carbons (Fsp3) is 0.571. The monoisotopic (exact) mass is 561 g/mol. The van der Waals surface area contributed by atoms with Gasteiger partial charge in [0.05, 0.1) is 17.1 Å². The molecule has 38 heavy (non-hydrogen) atoms. The molecular weight excluding hydrogens is 522 g/mol. The number of hydrogen-bond donors (Lipinski definition) is 2. The number of benzene rings is 1. The number of carbonyl (C=O) groups excluding carboxylic acids is 2. The van der Waals surface area contributed by atoms with Crippen LogP contribution in [0.25, 0.3) is 0 Å². The lowest BCUT2D eigenvalue weighted by molar-refractivity contribution is 0.0525. The van der Waals surface area contributed by atoms with Crippen molar-refractivity contribution in [3.63, 3.8) is 0 Å². The molecule has 1 aromatic heterocycles. The van der Waals surface area contributed by atoms with Gasteiger partial charge in [0, 0.05) is 34.1 Å². The summed E-state index contributed by atoms with van der Waals surface area (Å²) in [4.78, 5) is 27.5. The number of nitrogens with one attached hydrogen (secondary N) is 2. The van der Waals surface area contributed by atoms with Crippen molar-refractivity contribution in [1.29, 1.82) is 0 Å². The predicted octanol–water partition coefficient (Wildman–Crippen LogP) is 5.29. The van der Waals surface area contributed by atoms with Crippen molar-refractivity contribution >= 4 is 38.2 Å². The van der Waals surface area contributed by atoms with E-state index < -0.39 is 27.4 Å². The molecule has 0 spiro atoms. The number of sulfonamides is 1. The molecule has 0 bridgehead atoms. The van der Waals surface area contributed by atoms with Crippen molar-refractivity contribution in [2.24, 2.45) is 0 Å². The third-order valence-corrected chi connectivity index (χ3v) is 10.8. The van der Waals surface area contributed by atoms with Gasteiger partial charge in [0.25, 0.3) is 5.91 Å². The second-order valence-corrected chi connectivity index (χ2v) is 14.2. The highest BCUT2D eigenvalue weighted by Crippen LogP contribution is 2.45. The van der Waals surface area contributed by atoms with Crippen LogP contribution in [0.3, 0.4) is 0 Å². The summed E-state index contributed by atoms with van der Waals surface area (Å²) in [6.07, 6.45) is 4.15. The minimum atomic E-state index is -3.64. The lowest BCUT2D eigenvalue weighted by Gasteiger charge is -2.42. The van der Waals surface area contributed by atoms with Crippen LogP contribution in [0.1, 0.15) is 98.4 Å². The molecular formula is C28H39N3O5S2. The molecule has 8 nitrogen and oxygen atoms in total. The average molecular weight is 562 g/mol. The first-order chi connectivity index (χ1) is 17.8. The lowest BCUT2D eigenvalue weighted by Crippen LogP contribution is -2.55. The number of piperidine rings is 1. The molecule has 2 aliphatic heterocycles. The number of esters is 1. The number of hydrogen-bond acceptors (Lipinski definition) is 7.